The van der Waals surface area contributed by atoms with Gasteiger partial charge in [-0.2, -0.15) is 18.3 Å². The van der Waals surface area contributed by atoms with E-state index in [2.05, 4.69) is 21.0 Å². The van der Waals surface area contributed by atoms with Crippen LogP contribution in [0.15, 0.2) is 83.6 Å². The highest BCUT2D eigenvalue weighted by Crippen LogP contribution is 2.28. The Morgan fingerprint density at radius 1 is 0.912 bits per heavy atom. The van der Waals surface area contributed by atoms with Crippen LogP contribution in [-0.2, 0) is 12.7 Å². The van der Waals surface area contributed by atoms with Gasteiger partial charge in [0.2, 0.25) is 0 Å². The Bertz CT molecular complexity index is 1260. The van der Waals surface area contributed by atoms with Crippen LogP contribution >= 0.6 is 0 Å². The van der Waals surface area contributed by atoms with Gasteiger partial charge in [-0.15, -0.1) is 0 Å². The molecule has 0 unspecified atom stereocenters. The van der Waals surface area contributed by atoms with Gasteiger partial charge in [-0.3, -0.25) is 4.79 Å². The van der Waals surface area contributed by atoms with Gasteiger partial charge in [0, 0.05) is 23.1 Å². The summed E-state index contributed by atoms with van der Waals surface area (Å²) in [5, 5.41) is 11.5. The monoisotopic (exact) mass is 469 g/mol. The summed E-state index contributed by atoms with van der Waals surface area (Å²) in [6.07, 6.45) is -1.81. The number of nitrogens with zero attached hydrogens (tertiary/aromatic N) is 2. The first-order chi connectivity index (χ1) is 16.3. The molecular formula is C23H18F3N5O3. The second kappa shape index (κ2) is 9.53. The summed E-state index contributed by atoms with van der Waals surface area (Å²) in [7, 11) is 0. The first-order valence-corrected chi connectivity index (χ1v) is 10.00. The van der Waals surface area contributed by atoms with E-state index < -0.39 is 23.8 Å². The van der Waals surface area contributed by atoms with Gasteiger partial charge in [0.25, 0.3) is 5.91 Å². The largest absolute Gasteiger partial charge is 0.467 e. The predicted octanol–water partition coefficient (Wildman–Crippen LogP) is 5.06. The Balaban J connectivity index is 1.31. The van der Waals surface area contributed by atoms with Crippen molar-refractivity contribution in [2.75, 3.05) is 10.6 Å². The maximum atomic E-state index is 12.7. The first-order valence-electron chi connectivity index (χ1n) is 10.00. The highest BCUT2D eigenvalue weighted by Gasteiger charge is 2.33. The van der Waals surface area contributed by atoms with Gasteiger partial charge in [0.05, 0.1) is 18.5 Å². The first kappa shape index (κ1) is 22.6. The highest BCUT2D eigenvalue weighted by atomic mass is 19.4. The molecule has 0 bridgehead atoms. The van der Waals surface area contributed by atoms with Crippen molar-refractivity contribution in [2.45, 2.75) is 12.7 Å². The molecule has 3 N–H and O–H groups in total. The maximum absolute atomic E-state index is 12.7. The number of rotatable bonds is 6. The van der Waals surface area contributed by atoms with Crippen LogP contribution in [0.2, 0.25) is 0 Å². The summed E-state index contributed by atoms with van der Waals surface area (Å²) in [5.74, 6) is 0.219. The lowest BCUT2D eigenvalue weighted by atomic mass is 10.2. The number of carbonyl (C=O) groups excluding carboxylic acids is 2. The number of carbonyl (C=O) groups is 2. The van der Waals surface area contributed by atoms with Crippen molar-refractivity contribution in [1.82, 2.24) is 15.1 Å². The zero-order chi connectivity index (χ0) is 24.1. The molecule has 4 rings (SSSR count). The number of benzene rings is 2. The third-order valence-corrected chi connectivity index (χ3v) is 4.68. The summed E-state index contributed by atoms with van der Waals surface area (Å²) in [5.41, 5.74) is 0.718. The number of hydrogen-bond acceptors (Lipinski definition) is 4. The third kappa shape index (κ3) is 5.63. The van der Waals surface area contributed by atoms with Crippen LogP contribution in [0.25, 0.3) is 5.69 Å². The van der Waals surface area contributed by atoms with E-state index in [9.17, 15) is 22.8 Å². The molecule has 0 saturated heterocycles. The molecule has 0 aliphatic heterocycles. The zero-order valence-electron chi connectivity index (χ0n) is 17.5. The smallest absolute Gasteiger partial charge is 0.435 e. The van der Waals surface area contributed by atoms with Gasteiger partial charge in [-0.25, -0.2) is 9.48 Å². The number of anilines is 2. The van der Waals surface area contributed by atoms with Crippen LogP contribution in [-0.4, -0.2) is 21.7 Å². The molecule has 2 aromatic carbocycles. The van der Waals surface area contributed by atoms with Gasteiger partial charge < -0.3 is 20.4 Å². The van der Waals surface area contributed by atoms with Crippen molar-refractivity contribution >= 4 is 23.3 Å². The van der Waals surface area contributed by atoms with Gasteiger partial charge in [0.1, 0.15) is 5.76 Å². The van der Waals surface area contributed by atoms with Crippen LogP contribution in [0, 0.1) is 0 Å². The standard InChI is InChI=1S/C23H18F3N5O3/c24-23(25,26)20-11-12-31(30-20)18-9-3-15(4-10-18)21(32)28-16-5-7-17(8-6-16)29-22(33)27-14-19-2-1-13-34-19/h1-13H,14H2,(H,28,32)(H2,27,29,33). The predicted molar refractivity (Wildman–Crippen MR) is 118 cm³/mol. The number of urea groups is 1. The Labute approximate surface area is 191 Å². The van der Waals surface area contributed by atoms with E-state index in [1.807, 2.05) is 0 Å². The van der Waals surface area contributed by atoms with E-state index in [0.717, 1.165) is 10.7 Å². The number of amides is 3. The summed E-state index contributed by atoms with van der Waals surface area (Å²) < 4.78 is 44.4. The molecule has 0 atom stereocenters. The van der Waals surface area contributed by atoms with E-state index in [1.165, 1.54) is 36.7 Å². The van der Waals surface area contributed by atoms with E-state index in [4.69, 9.17) is 4.42 Å². The molecule has 174 valence electrons. The summed E-state index contributed by atoms with van der Waals surface area (Å²) >= 11 is 0. The fourth-order valence-electron chi connectivity index (χ4n) is 2.98. The van der Waals surface area contributed by atoms with E-state index in [0.29, 0.717) is 28.4 Å². The van der Waals surface area contributed by atoms with Crippen molar-refractivity contribution in [3.63, 3.8) is 0 Å². The van der Waals surface area contributed by atoms with E-state index in [1.54, 1.807) is 36.4 Å². The van der Waals surface area contributed by atoms with Crippen LogP contribution < -0.4 is 16.0 Å². The number of halogens is 3. The van der Waals surface area contributed by atoms with Gasteiger partial charge in [-0.1, -0.05) is 0 Å². The lowest BCUT2D eigenvalue weighted by Crippen LogP contribution is -2.27. The van der Waals surface area contributed by atoms with Crippen molar-refractivity contribution in [2.24, 2.45) is 0 Å². The second-order valence-electron chi connectivity index (χ2n) is 7.11. The van der Waals surface area contributed by atoms with Crippen molar-refractivity contribution in [1.29, 1.82) is 0 Å². The molecular weight excluding hydrogens is 451 g/mol. The summed E-state index contributed by atoms with van der Waals surface area (Å²) in [4.78, 5) is 24.4. The number of nitrogens with one attached hydrogen (secondary N) is 3. The normalized spacial score (nSPS) is 11.1. The van der Waals surface area contributed by atoms with Crippen LogP contribution in [0.4, 0.5) is 29.3 Å². The topological polar surface area (TPSA) is 101 Å². The number of hydrogen-bond donors (Lipinski definition) is 3. The number of alkyl halides is 3. The van der Waals surface area contributed by atoms with Gasteiger partial charge >= 0.3 is 12.2 Å². The van der Waals surface area contributed by atoms with Crippen molar-refractivity contribution < 1.29 is 27.2 Å². The minimum absolute atomic E-state index is 0.246. The lowest BCUT2D eigenvalue weighted by Gasteiger charge is -2.09. The molecule has 2 aromatic heterocycles. The maximum Gasteiger partial charge on any atom is 0.435 e. The van der Waals surface area contributed by atoms with Gasteiger partial charge in [0.15, 0.2) is 5.69 Å². The Morgan fingerprint density at radius 3 is 2.18 bits per heavy atom. The number of aromatic nitrogens is 2. The Hall–Kier alpha value is -4.54. The van der Waals surface area contributed by atoms with Crippen LogP contribution in [0.1, 0.15) is 21.8 Å². The zero-order valence-corrected chi connectivity index (χ0v) is 17.5. The molecule has 11 heteroatoms. The molecule has 0 aliphatic carbocycles. The minimum Gasteiger partial charge on any atom is -0.467 e. The number of furan rings is 1. The van der Waals surface area contributed by atoms with Crippen LogP contribution in [0.3, 0.4) is 0 Å². The van der Waals surface area contributed by atoms with E-state index >= 15 is 0 Å². The molecule has 8 nitrogen and oxygen atoms in total. The minimum atomic E-state index is -4.53. The molecule has 0 fully saturated rings. The molecule has 34 heavy (non-hydrogen) atoms. The molecule has 3 amide bonds. The average Bonchev–Trinajstić information content (AvgIpc) is 3.51. The summed E-state index contributed by atoms with van der Waals surface area (Å²) in [6.45, 7) is 0.246. The molecule has 0 saturated carbocycles. The average molecular weight is 469 g/mol. The second-order valence-corrected chi connectivity index (χ2v) is 7.11. The fourth-order valence-corrected chi connectivity index (χ4v) is 2.98. The lowest BCUT2D eigenvalue weighted by molar-refractivity contribution is -0.141. The highest BCUT2D eigenvalue weighted by molar-refractivity contribution is 6.04. The molecule has 0 spiro atoms. The van der Waals surface area contributed by atoms with Crippen LogP contribution in [0.5, 0.6) is 0 Å². The Morgan fingerprint density at radius 2 is 1.59 bits per heavy atom. The Kier molecular flexibility index (Phi) is 6.35. The third-order valence-electron chi connectivity index (χ3n) is 4.68. The van der Waals surface area contributed by atoms with Gasteiger partial charge in [-0.05, 0) is 66.7 Å². The molecule has 2 heterocycles. The molecule has 0 aliphatic rings. The van der Waals surface area contributed by atoms with Crippen molar-refractivity contribution in [3.05, 3.63) is 96.2 Å². The molecule has 4 aromatic rings. The SMILES string of the molecule is O=C(NCc1ccco1)Nc1ccc(NC(=O)c2ccc(-n3ccc(C(F)(F)F)n3)cc2)cc1. The van der Waals surface area contributed by atoms with E-state index in [-0.39, 0.29) is 6.54 Å². The van der Waals surface area contributed by atoms with Crippen molar-refractivity contribution in [3.8, 4) is 5.69 Å². The molecule has 0 radical (unpaired) electrons. The quantitative estimate of drug-likeness (QED) is 0.368. The summed E-state index contributed by atoms with van der Waals surface area (Å²) in [6, 6.07) is 16.4. The fraction of sp³-hybridized carbons (Fsp3) is 0.0870.